The van der Waals surface area contributed by atoms with Gasteiger partial charge in [-0.3, -0.25) is 4.90 Å². The Balaban J connectivity index is 1.71. The van der Waals surface area contributed by atoms with Crippen LogP contribution in [-0.2, 0) is 0 Å². The van der Waals surface area contributed by atoms with E-state index in [1.165, 1.54) is 24.3 Å². The summed E-state index contributed by atoms with van der Waals surface area (Å²) in [4.78, 5) is 15.9. The van der Waals surface area contributed by atoms with Crippen molar-refractivity contribution in [1.29, 1.82) is 0 Å². The number of ether oxygens (including phenoxy) is 1. The van der Waals surface area contributed by atoms with Gasteiger partial charge >= 0.3 is 6.09 Å². The number of nitrogens with zero attached hydrogens (tertiary/aromatic N) is 2. The van der Waals surface area contributed by atoms with Gasteiger partial charge in [0.05, 0.1) is 13.2 Å². The second-order valence-corrected chi connectivity index (χ2v) is 7.33. The highest BCUT2D eigenvalue weighted by atomic mass is 19.1. The van der Waals surface area contributed by atoms with E-state index in [9.17, 15) is 9.18 Å². The average molecular weight is 390 g/mol. The van der Waals surface area contributed by atoms with Crippen LogP contribution < -0.4 is 4.74 Å². The van der Waals surface area contributed by atoms with E-state index in [4.69, 9.17) is 9.84 Å². The Morgan fingerprint density at radius 2 is 1.93 bits per heavy atom. The number of aliphatic hydroxyl groups excluding tert-OH is 1. The van der Waals surface area contributed by atoms with Crippen molar-refractivity contribution in [1.82, 2.24) is 9.80 Å². The monoisotopic (exact) mass is 390 g/mol. The summed E-state index contributed by atoms with van der Waals surface area (Å²) in [5.41, 5.74) is 0. The van der Waals surface area contributed by atoms with E-state index < -0.39 is 6.09 Å². The van der Waals surface area contributed by atoms with Crippen molar-refractivity contribution in [3.8, 4) is 17.6 Å². The topological polar surface area (TPSA) is 53.0 Å². The summed E-state index contributed by atoms with van der Waals surface area (Å²) in [7, 11) is 1.73. The highest BCUT2D eigenvalue weighted by Crippen LogP contribution is 2.29. The highest BCUT2D eigenvalue weighted by molar-refractivity contribution is 5.70. The number of hydrogen-bond donors (Lipinski definition) is 1. The predicted molar refractivity (Wildman–Crippen MR) is 107 cm³/mol. The molecule has 0 atom stereocenters. The molecule has 0 aliphatic heterocycles. The minimum Gasteiger partial charge on any atom is -0.410 e. The van der Waals surface area contributed by atoms with Crippen LogP contribution in [-0.4, -0.2) is 60.8 Å². The number of rotatable bonds is 7. The molecular weight excluding hydrogens is 359 g/mol. The largest absolute Gasteiger partial charge is 0.414 e. The molecule has 0 saturated heterocycles. The number of aliphatic hydroxyl groups is 1. The zero-order valence-electron chi connectivity index (χ0n) is 16.9. The summed E-state index contributed by atoms with van der Waals surface area (Å²) >= 11 is 0. The fraction of sp³-hybridized carbons (Fsp3) is 0.591. The fourth-order valence-corrected chi connectivity index (χ4v) is 3.42. The van der Waals surface area contributed by atoms with Crippen LogP contribution in [0.25, 0.3) is 0 Å². The molecule has 2 rings (SSSR count). The lowest BCUT2D eigenvalue weighted by Gasteiger charge is -2.29. The third-order valence-corrected chi connectivity index (χ3v) is 5.18. The van der Waals surface area contributed by atoms with E-state index >= 15 is 0 Å². The van der Waals surface area contributed by atoms with E-state index in [1.807, 2.05) is 0 Å². The summed E-state index contributed by atoms with van der Waals surface area (Å²) in [5, 5.41) is 9.01. The van der Waals surface area contributed by atoms with E-state index in [-0.39, 0.29) is 12.4 Å². The Labute approximate surface area is 167 Å². The quantitative estimate of drug-likeness (QED) is 0.725. The maximum absolute atomic E-state index is 12.9. The molecule has 1 aromatic carbocycles. The van der Waals surface area contributed by atoms with Gasteiger partial charge in [-0.2, -0.15) is 0 Å². The molecule has 6 heteroatoms. The van der Waals surface area contributed by atoms with Crippen molar-refractivity contribution in [3.05, 3.63) is 30.1 Å². The van der Waals surface area contributed by atoms with Gasteiger partial charge in [0.1, 0.15) is 11.6 Å². The first-order valence-electron chi connectivity index (χ1n) is 10.0. The van der Waals surface area contributed by atoms with Crippen molar-refractivity contribution in [2.45, 2.75) is 32.6 Å². The zero-order valence-corrected chi connectivity index (χ0v) is 16.9. The smallest absolute Gasteiger partial charge is 0.410 e. The van der Waals surface area contributed by atoms with Crippen molar-refractivity contribution >= 4 is 6.09 Å². The van der Waals surface area contributed by atoms with Gasteiger partial charge < -0.3 is 14.7 Å². The molecule has 5 nitrogen and oxygen atoms in total. The molecular formula is C22H31FN2O3. The first-order chi connectivity index (χ1) is 13.5. The molecule has 154 valence electrons. The van der Waals surface area contributed by atoms with Gasteiger partial charge in [0.15, 0.2) is 0 Å². The molecule has 1 saturated carbocycles. The lowest BCUT2D eigenvalue weighted by atomic mass is 9.82. The number of hydrogen-bond acceptors (Lipinski definition) is 4. The second-order valence-electron chi connectivity index (χ2n) is 7.33. The predicted octanol–water partition coefficient (Wildman–Crippen LogP) is 3.38. The van der Waals surface area contributed by atoms with Gasteiger partial charge in [-0.05, 0) is 62.4 Å². The minimum atomic E-state index is -0.419. The van der Waals surface area contributed by atoms with Gasteiger partial charge in [0, 0.05) is 26.1 Å². The molecule has 1 aromatic rings. The van der Waals surface area contributed by atoms with Crippen molar-refractivity contribution in [2.24, 2.45) is 11.8 Å². The molecule has 1 fully saturated rings. The van der Waals surface area contributed by atoms with E-state index in [0.717, 1.165) is 32.2 Å². The van der Waals surface area contributed by atoms with Gasteiger partial charge in [-0.1, -0.05) is 18.8 Å². The lowest BCUT2D eigenvalue weighted by Crippen LogP contribution is -2.35. The molecule has 0 radical (unpaired) electrons. The number of likely N-dealkylation sites (N-methyl/N-ethyl adjacent to an activating group) is 1. The van der Waals surface area contributed by atoms with Crippen molar-refractivity contribution in [3.63, 3.8) is 0 Å². The Hall–Kier alpha value is -2.10. The molecule has 0 heterocycles. The molecule has 0 spiro atoms. The molecule has 0 unspecified atom stereocenters. The third kappa shape index (κ3) is 7.49. The minimum absolute atomic E-state index is 0.164. The maximum atomic E-state index is 12.9. The van der Waals surface area contributed by atoms with Crippen molar-refractivity contribution < 1.29 is 19.0 Å². The van der Waals surface area contributed by atoms with Gasteiger partial charge in [0.25, 0.3) is 0 Å². The summed E-state index contributed by atoms with van der Waals surface area (Å²) in [5.74, 6) is 7.47. The van der Waals surface area contributed by atoms with Crippen LogP contribution in [0.4, 0.5) is 9.18 Å². The average Bonchev–Trinajstić information content (AvgIpc) is 2.70. The summed E-state index contributed by atoms with van der Waals surface area (Å²) in [6.45, 7) is 5.15. The standard InChI is InChI=1S/C22H31FN2O3/c1-3-25(15-16-26)14-4-5-18-6-8-19(9-7-18)17-24(2)22(27)28-21-12-10-20(23)11-13-21/h10-13,18-19,26H,3,6-9,14-17H2,1-2H3. The summed E-state index contributed by atoms with van der Waals surface area (Å²) in [6.07, 6.45) is 3.76. The number of amides is 1. The van der Waals surface area contributed by atoms with Gasteiger partial charge in [0.2, 0.25) is 0 Å². The molecule has 1 aliphatic rings. The van der Waals surface area contributed by atoms with Crippen LogP contribution in [0.15, 0.2) is 24.3 Å². The fourth-order valence-electron chi connectivity index (χ4n) is 3.42. The van der Waals surface area contributed by atoms with Crippen molar-refractivity contribution in [2.75, 3.05) is 39.8 Å². The summed E-state index contributed by atoms with van der Waals surface area (Å²) in [6, 6.07) is 5.44. The number of carbonyl (C=O) groups is 1. The van der Waals surface area contributed by atoms with Gasteiger partial charge in [-0.25, -0.2) is 9.18 Å². The van der Waals surface area contributed by atoms with E-state index in [0.29, 0.717) is 37.2 Å². The Morgan fingerprint density at radius 3 is 2.54 bits per heavy atom. The zero-order chi connectivity index (χ0) is 20.4. The van der Waals surface area contributed by atoms with Crippen LogP contribution in [0, 0.1) is 29.5 Å². The maximum Gasteiger partial charge on any atom is 0.414 e. The molecule has 0 aromatic heterocycles. The molecule has 0 bridgehead atoms. The van der Waals surface area contributed by atoms with Crippen LogP contribution in [0.5, 0.6) is 5.75 Å². The molecule has 28 heavy (non-hydrogen) atoms. The van der Waals surface area contributed by atoms with Crippen LogP contribution in [0.2, 0.25) is 0 Å². The highest BCUT2D eigenvalue weighted by Gasteiger charge is 2.23. The SMILES string of the molecule is CCN(CC#CC1CCC(CN(C)C(=O)Oc2ccc(F)cc2)CC1)CCO. The van der Waals surface area contributed by atoms with Gasteiger partial charge in [-0.15, -0.1) is 0 Å². The number of benzene rings is 1. The van der Waals surface area contributed by atoms with E-state index in [1.54, 1.807) is 11.9 Å². The Morgan fingerprint density at radius 1 is 1.25 bits per heavy atom. The van der Waals surface area contributed by atoms with Crippen LogP contribution >= 0.6 is 0 Å². The normalized spacial score (nSPS) is 19.0. The number of carbonyl (C=O) groups excluding carboxylic acids is 1. The lowest BCUT2D eigenvalue weighted by molar-refractivity contribution is 0.148. The molecule has 1 aliphatic carbocycles. The molecule has 1 amide bonds. The first kappa shape index (κ1) is 22.2. The van der Waals surface area contributed by atoms with E-state index in [2.05, 4.69) is 23.7 Å². The Bertz CT molecular complexity index is 661. The van der Waals surface area contributed by atoms with Crippen LogP contribution in [0.1, 0.15) is 32.6 Å². The second kappa shape index (κ2) is 11.7. The number of halogens is 1. The first-order valence-corrected chi connectivity index (χ1v) is 10.0. The molecule has 1 N–H and O–H groups in total. The summed E-state index contributed by atoms with van der Waals surface area (Å²) < 4.78 is 18.2. The Kier molecular flexibility index (Phi) is 9.26. The third-order valence-electron chi connectivity index (χ3n) is 5.18. The van der Waals surface area contributed by atoms with Crippen LogP contribution in [0.3, 0.4) is 0 Å².